The van der Waals surface area contributed by atoms with E-state index in [1.807, 2.05) is 38.1 Å². The maximum atomic E-state index is 12.2. The molecule has 0 aliphatic carbocycles. The normalized spacial score (nSPS) is 15.3. The lowest BCUT2D eigenvalue weighted by Gasteiger charge is -2.34. The number of carbonyl (C=O) groups excluding carboxylic acids is 1. The summed E-state index contributed by atoms with van der Waals surface area (Å²) >= 11 is 0. The molecule has 0 unspecified atom stereocenters. The smallest absolute Gasteiger partial charge is 0.388 e. The van der Waals surface area contributed by atoms with Gasteiger partial charge in [0.1, 0.15) is 11.9 Å². The van der Waals surface area contributed by atoms with E-state index in [4.69, 9.17) is 0 Å². The van der Waals surface area contributed by atoms with Gasteiger partial charge in [-0.3, -0.25) is 9.48 Å². The second-order valence-corrected chi connectivity index (χ2v) is 7.72. The predicted molar refractivity (Wildman–Crippen MR) is 125 cm³/mol. The fourth-order valence-electron chi connectivity index (χ4n) is 3.44. The van der Waals surface area contributed by atoms with Gasteiger partial charge in [0.05, 0.1) is 29.8 Å². The molecule has 0 radical (unpaired) electrons. The second-order valence-electron chi connectivity index (χ2n) is 7.72. The van der Waals surface area contributed by atoms with E-state index in [9.17, 15) is 18.0 Å². The highest BCUT2D eigenvalue weighted by molar-refractivity contribution is 7.59. The molecular weight excluding hydrogens is 471 g/mol. The minimum absolute atomic E-state index is 0. The molecule has 13 heteroatoms. The van der Waals surface area contributed by atoms with Gasteiger partial charge in [-0.25, -0.2) is 9.97 Å². The molecule has 34 heavy (non-hydrogen) atoms. The van der Waals surface area contributed by atoms with E-state index in [1.54, 1.807) is 10.9 Å². The number of ether oxygens (including phenoxy) is 1. The standard InChI is InChI=1S/C21H22F3N7O2.H2S/c1-12-19-16(30(3)13(2)20(32)29-19)6-17(28-12)25-8-15-9-27-31(11-15)10-14-4-5-18(26-7-14)33-21(22,23)24;/h4-7,9,11,13H,8,10H2,1-3H3,(H,25,28)(H,29,32);1H2/t13-;/m0./s1. The first-order valence-electron chi connectivity index (χ1n) is 10.1. The first-order valence-corrected chi connectivity index (χ1v) is 10.1. The number of nitrogens with one attached hydrogen (secondary N) is 2. The number of halogens is 3. The van der Waals surface area contributed by atoms with Crippen molar-refractivity contribution < 1.29 is 22.7 Å². The Morgan fingerprint density at radius 2 is 2.00 bits per heavy atom. The zero-order valence-corrected chi connectivity index (χ0v) is 19.6. The van der Waals surface area contributed by atoms with Crippen molar-refractivity contribution in [2.45, 2.75) is 39.3 Å². The van der Waals surface area contributed by atoms with Crippen molar-refractivity contribution >= 4 is 36.6 Å². The second kappa shape index (κ2) is 9.79. The van der Waals surface area contributed by atoms with Gasteiger partial charge in [0.25, 0.3) is 0 Å². The van der Waals surface area contributed by atoms with Gasteiger partial charge < -0.3 is 20.3 Å². The van der Waals surface area contributed by atoms with Crippen LogP contribution in [-0.2, 0) is 17.9 Å². The van der Waals surface area contributed by atoms with Crippen LogP contribution in [0.5, 0.6) is 5.88 Å². The van der Waals surface area contributed by atoms with Gasteiger partial charge in [0.15, 0.2) is 0 Å². The van der Waals surface area contributed by atoms with Gasteiger partial charge in [0, 0.05) is 43.7 Å². The predicted octanol–water partition coefficient (Wildman–Crippen LogP) is 3.43. The average molecular weight is 496 g/mol. The molecule has 0 bridgehead atoms. The maximum Gasteiger partial charge on any atom is 0.574 e. The van der Waals surface area contributed by atoms with Crippen molar-refractivity contribution in [3.8, 4) is 5.88 Å². The SMILES string of the molecule is Cc1nc(NCc2cnn(Cc3ccc(OC(F)(F)F)nc3)c2)cc2c1NC(=O)[C@H](C)N2C.S. The molecule has 0 aromatic carbocycles. The molecule has 1 amide bonds. The Labute approximate surface area is 200 Å². The lowest BCUT2D eigenvalue weighted by Crippen LogP contribution is -2.44. The summed E-state index contributed by atoms with van der Waals surface area (Å²) in [6.07, 6.45) is 0.0657. The number of anilines is 3. The van der Waals surface area contributed by atoms with Crippen LogP contribution in [0.3, 0.4) is 0 Å². The number of aromatic nitrogens is 4. The Kier molecular flexibility index (Phi) is 7.24. The summed E-state index contributed by atoms with van der Waals surface area (Å²) in [6, 6.07) is 4.27. The van der Waals surface area contributed by atoms with Crippen LogP contribution in [0.25, 0.3) is 0 Å². The Morgan fingerprint density at radius 1 is 1.24 bits per heavy atom. The van der Waals surface area contributed by atoms with E-state index in [-0.39, 0.29) is 25.4 Å². The number of pyridine rings is 2. The van der Waals surface area contributed by atoms with E-state index in [2.05, 4.69) is 30.4 Å². The number of hydrogen-bond acceptors (Lipinski definition) is 7. The average Bonchev–Trinajstić information content (AvgIpc) is 3.19. The molecule has 2 N–H and O–H groups in total. The number of nitrogens with zero attached hydrogens (tertiary/aromatic N) is 5. The quantitative estimate of drug-likeness (QED) is 0.541. The maximum absolute atomic E-state index is 12.2. The third-order valence-electron chi connectivity index (χ3n) is 5.29. The largest absolute Gasteiger partial charge is 0.574 e. The summed E-state index contributed by atoms with van der Waals surface area (Å²) in [6.45, 7) is 4.48. The third-order valence-corrected chi connectivity index (χ3v) is 5.29. The monoisotopic (exact) mass is 495 g/mol. The molecule has 182 valence electrons. The van der Waals surface area contributed by atoms with E-state index < -0.39 is 12.2 Å². The Balaban J connectivity index is 0.00000324. The number of alkyl halides is 3. The lowest BCUT2D eigenvalue weighted by molar-refractivity contribution is -0.276. The highest BCUT2D eigenvalue weighted by Crippen LogP contribution is 2.35. The van der Waals surface area contributed by atoms with E-state index in [1.165, 1.54) is 18.3 Å². The zero-order chi connectivity index (χ0) is 23.8. The fraction of sp³-hybridized carbons (Fsp3) is 0.333. The molecular formula is C21H24F3N7O2S. The molecule has 4 rings (SSSR count). The minimum Gasteiger partial charge on any atom is -0.388 e. The van der Waals surface area contributed by atoms with Crippen LogP contribution >= 0.6 is 13.5 Å². The molecule has 9 nitrogen and oxygen atoms in total. The Bertz CT molecular complexity index is 1170. The fourth-order valence-corrected chi connectivity index (χ4v) is 3.44. The molecule has 3 aromatic heterocycles. The molecule has 0 saturated carbocycles. The van der Waals surface area contributed by atoms with Gasteiger partial charge in [-0.05, 0) is 19.4 Å². The minimum atomic E-state index is -4.77. The van der Waals surface area contributed by atoms with Crippen molar-refractivity contribution in [2.24, 2.45) is 0 Å². The highest BCUT2D eigenvalue weighted by atomic mass is 32.1. The highest BCUT2D eigenvalue weighted by Gasteiger charge is 2.31. The molecule has 0 fully saturated rings. The van der Waals surface area contributed by atoms with Crippen LogP contribution in [0.15, 0.2) is 36.8 Å². The first-order chi connectivity index (χ1) is 15.6. The Morgan fingerprint density at radius 3 is 2.68 bits per heavy atom. The van der Waals surface area contributed by atoms with Crippen molar-refractivity contribution in [1.29, 1.82) is 0 Å². The molecule has 4 heterocycles. The molecule has 1 atom stereocenters. The van der Waals surface area contributed by atoms with Gasteiger partial charge in [-0.2, -0.15) is 18.6 Å². The number of carbonyl (C=O) groups is 1. The lowest BCUT2D eigenvalue weighted by atomic mass is 10.1. The number of amides is 1. The van der Waals surface area contributed by atoms with E-state index in [0.717, 1.165) is 11.3 Å². The van der Waals surface area contributed by atoms with Gasteiger partial charge in [-0.1, -0.05) is 6.07 Å². The number of rotatable bonds is 6. The zero-order valence-electron chi connectivity index (χ0n) is 18.6. The van der Waals surface area contributed by atoms with Crippen LogP contribution < -0.4 is 20.3 Å². The van der Waals surface area contributed by atoms with Crippen LogP contribution in [-0.4, -0.2) is 45.1 Å². The summed E-state index contributed by atoms with van der Waals surface area (Å²) in [5.41, 5.74) is 3.88. The van der Waals surface area contributed by atoms with Crippen molar-refractivity contribution in [1.82, 2.24) is 19.7 Å². The van der Waals surface area contributed by atoms with E-state index >= 15 is 0 Å². The first kappa shape index (κ1) is 25.1. The van der Waals surface area contributed by atoms with Crippen LogP contribution in [0.1, 0.15) is 23.7 Å². The molecule has 1 aliphatic rings. The van der Waals surface area contributed by atoms with Crippen LogP contribution in [0.4, 0.5) is 30.4 Å². The summed E-state index contributed by atoms with van der Waals surface area (Å²) in [5, 5.41) is 10.4. The van der Waals surface area contributed by atoms with Crippen molar-refractivity contribution in [2.75, 3.05) is 22.6 Å². The van der Waals surface area contributed by atoms with Crippen LogP contribution in [0.2, 0.25) is 0 Å². The number of likely N-dealkylation sites (N-methyl/N-ethyl adjacent to an activating group) is 1. The van der Waals surface area contributed by atoms with Gasteiger partial charge in [0.2, 0.25) is 11.8 Å². The summed E-state index contributed by atoms with van der Waals surface area (Å²) in [4.78, 5) is 22.2. The molecule has 0 saturated heterocycles. The Hall–Kier alpha value is -3.48. The summed E-state index contributed by atoms with van der Waals surface area (Å²) in [5.74, 6) is 0.0865. The van der Waals surface area contributed by atoms with Crippen molar-refractivity contribution in [3.05, 3.63) is 53.6 Å². The number of hydrogen-bond donors (Lipinski definition) is 2. The van der Waals surface area contributed by atoms with Gasteiger partial charge >= 0.3 is 6.36 Å². The van der Waals surface area contributed by atoms with E-state index in [0.29, 0.717) is 35.9 Å². The molecule has 3 aromatic rings. The summed E-state index contributed by atoms with van der Waals surface area (Å²) in [7, 11) is 1.87. The molecule has 0 spiro atoms. The van der Waals surface area contributed by atoms with Crippen molar-refractivity contribution in [3.63, 3.8) is 0 Å². The summed E-state index contributed by atoms with van der Waals surface area (Å²) < 4.78 is 42.2. The molecule has 1 aliphatic heterocycles. The number of aryl methyl sites for hydroxylation is 1. The third kappa shape index (κ3) is 5.71. The number of fused-ring (bicyclic) bond motifs is 1. The van der Waals surface area contributed by atoms with Gasteiger partial charge in [-0.15, -0.1) is 13.2 Å². The topological polar surface area (TPSA) is 97.2 Å². The van der Waals surface area contributed by atoms with Crippen LogP contribution in [0, 0.1) is 6.92 Å².